The fourth-order valence-corrected chi connectivity index (χ4v) is 2.83. The van der Waals surface area contributed by atoms with Gasteiger partial charge in [-0.3, -0.25) is 0 Å². The molecule has 3 rings (SSSR count). The maximum atomic E-state index is 4.66. The maximum Gasteiger partial charge on any atom is 0.229 e. The average molecular weight is 282 g/mol. The summed E-state index contributed by atoms with van der Waals surface area (Å²) in [5, 5.41) is 3.29. The molecule has 0 saturated carbocycles. The highest BCUT2D eigenvalue weighted by Crippen LogP contribution is 2.22. The molecule has 1 aromatic heterocycles. The zero-order valence-corrected chi connectivity index (χ0v) is 12.7. The third-order valence-electron chi connectivity index (χ3n) is 3.90. The summed E-state index contributed by atoms with van der Waals surface area (Å²) in [5.74, 6) is 2.42. The lowest BCUT2D eigenvalue weighted by atomic mass is 10.0. The van der Waals surface area contributed by atoms with Crippen molar-refractivity contribution in [2.24, 2.45) is 5.92 Å². The molecule has 4 nitrogen and oxygen atoms in total. The van der Waals surface area contributed by atoms with E-state index >= 15 is 0 Å². The highest BCUT2D eigenvalue weighted by molar-refractivity contribution is 5.56. The third kappa shape index (κ3) is 3.51. The zero-order valence-electron chi connectivity index (χ0n) is 12.7. The quantitative estimate of drug-likeness (QED) is 0.930. The Morgan fingerprint density at radius 2 is 2.19 bits per heavy atom. The van der Waals surface area contributed by atoms with Gasteiger partial charge >= 0.3 is 0 Å². The number of rotatable bonds is 3. The van der Waals surface area contributed by atoms with Crippen LogP contribution in [0.25, 0.3) is 0 Å². The SMILES string of the molecule is Cc1cccc(Nc2nccc(N3CCCC(C)C3)n2)c1. The van der Waals surface area contributed by atoms with Crippen LogP contribution in [0.1, 0.15) is 25.3 Å². The topological polar surface area (TPSA) is 41.1 Å². The molecule has 4 heteroatoms. The van der Waals surface area contributed by atoms with Crippen LogP contribution < -0.4 is 10.2 Å². The second kappa shape index (κ2) is 6.12. The van der Waals surface area contributed by atoms with Crippen molar-refractivity contribution in [2.45, 2.75) is 26.7 Å². The smallest absolute Gasteiger partial charge is 0.229 e. The number of nitrogens with zero attached hydrogens (tertiary/aromatic N) is 3. The van der Waals surface area contributed by atoms with E-state index in [1.54, 1.807) is 0 Å². The molecule has 2 aromatic rings. The largest absolute Gasteiger partial charge is 0.356 e. The summed E-state index contributed by atoms with van der Waals surface area (Å²) in [4.78, 5) is 11.3. The Balaban J connectivity index is 1.76. The zero-order chi connectivity index (χ0) is 14.7. The van der Waals surface area contributed by atoms with Crippen LogP contribution in [0, 0.1) is 12.8 Å². The predicted octanol–water partition coefficient (Wildman–Crippen LogP) is 3.76. The minimum atomic E-state index is 0.663. The van der Waals surface area contributed by atoms with Crippen molar-refractivity contribution >= 4 is 17.5 Å². The predicted molar refractivity (Wildman–Crippen MR) is 87.1 cm³/mol. The fourth-order valence-electron chi connectivity index (χ4n) is 2.83. The summed E-state index contributed by atoms with van der Waals surface area (Å²) in [6, 6.07) is 10.2. The van der Waals surface area contributed by atoms with Crippen molar-refractivity contribution in [2.75, 3.05) is 23.3 Å². The van der Waals surface area contributed by atoms with Crippen LogP contribution in [0.5, 0.6) is 0 Å². The minimum Gasteiger partial charge on any atom is -0.356 e. The first-order valence-corrected chi connectivity index (χ1v) is 7.62. The van der Waals surface area contributed by atoms with Gasteiger partial charge in [0.2, 0.25) is 5.95 Å². The molecule has 1 fully saturated rings. The van der Waals surface area contributed by atoms with E-state index in [-0.39, 0.29) is 0 Å². The molecule has 0 spiro atoms. The highest BCUT2D eigenvalue weighted by Gasteiger charge is 2.17. The van der Waals surface area contributed by atoms with E-state index in [0.29, 0.717) is 5.95 Å². The number of aryl methyl sites for hydroxylation is 1. The molecular formula is C17H22N4. The molecule has 1 unspecified atom stereocenters. The van der Waals surface area contributed by atoms with Crippen LogP contribution in [0.3, 0.4) is 0 Å². The van der Waals surface area contributed by atoms with Gasteiger partial charge < -0.3 is 10.2 Å². The molecule has 0 radical (unpaired) electrons. The summed E-state index contributed by atoms with van der Waals surface area (Å²) in [7, 11) is 0. The van der Waals surface area contributed by atoms with Gasteiger partial charge in [0, 0.05) is 25.0 Å². The van der Waals surface area contributed by atoms with Gasteiger partial charge in [-0.1, -0.05) is 19.1 Å². The Hall–Kier alpha value is -2.10. The second-order valence-electron chi connectivity index (χ2n) is 5.93. The van der Waals surface area contributed by atoms with Gasteiger partial charge in [0.1, 0.15) is 5.82 Å². The van der Waals surface area contributed by atoms with E-state index in [2.05, 4.69) is 46.2 Å². The summed E-state index contributed by atoms with van der Waals surface area (Å²) in [6.45, 7) is 6.56. The molecule has 1 aliphatic heterocycles. The summed E-state index contributed by atoms with van der Waals surface area (Å²) in [5.41, 5.74) is 2.25. The summed E-state index contributed by atoms with van der Waals surface area (Å²) in [6.07, 6.45) is 4.39. The molecule has 1 atom stereocenters. The summed E-state index contributed by atoms with van der Waals surface area (Å²) < 4.78 is 0. The molecule has 0 bridgehead atoms. The van der Waals surface area contributed by atoms with Crippen LogP contribution in [0.4, 0.5) is 17.5 Å². The van der Waals surface area contributed by atoms with Crippen LogP contribution in [0.15, 0.2) is 36.5 Å². The van der Waals surface area contributed by atoms with E-state index < -0.39 is 0 Å². The van der Waals surface area contributed by atoms with Crippen molar-refractivity contribution in [3.8, 4) is 0 Å². The lowest BCUT2D eigenvalue weighted by molar-refractivity contribution is 0.444. The number of aromatic nitrogens is 2. The van der Waals surface area contributed by atoms with Crippen molar-refractivity contribution in [1.29, 1.82) is 0 Å². The van der Waals surface area contributed by atoms with E-state index in [4.69, 9.17) is 0 Å². The summed E-state index contributed by atoms with van der Waals surface area (Å²) >= 11 is 0. The van der Waals surface area contributed by atoms with E-state index in [1.807, 2.05) is 24.4 Å². The lowest BCUT2D eigenvalue weighted by Gasteiger charge is -2.31. The number of piperidine rings is 1. The van der Waals surface area contributed by atoms with Gasteiger partial charge in [0.05, 0.1) is 0 Å². The van der Waals surface area contributed by atoms with Crippen LogP contribution in [-0.4, -0.2) is 23.1 Å². The number of hydrogen-bond acceptors (Lipinski definition) is 4. The number of benzene rings is 1. The second-order valence-corrected chi connectivity index (χ2v) is 5.93. The van der Waals surface area contributed by atoms with Crippen molar-refractivity contribution in [3.05, 3.63) is 42.1 Å². The van der Waals surface area contributed by atoms with Gasteiger partial charge in [0.25, 0.3) is 0 Å². The Bertz CT molecular complexity index is 611. The van der Waals surface area contributed by atoms with Gasteiger partial charge in [-0.2, -0.15) is 4.98 Å². The normalized spacial score (nSPS) is 18.6. The standard InChI is InChI=1S/C17H22N4/c1-13-5-3-7-15(11-13)19-17-18-9-8-16(20-17)21-10-4-6-14(2)12-21/h3,5,7-9,11,14H,4,6,10,12H2,1-2H3,(H,18,19,20). The van der Waals surface area contributed by atoms with Gasteiger partial charge in [0.15, 0.2) is 0 Å². The molecule has 1 aromatic carbocycles. The van der Waals surface area contributed by atoms with Crippen molar-refractivity contribution in [1.82, 2.24) is 9.97 Å². The Morgan fingerprint density at radius 3 is 3.00 bits per heavy atom. The van der Waals surface area contributed by atoms with E-state index in [0.717, 1.165) is 30.5 Å². The van der Waals surface area contributed by atoms with Gasteiger partial charge in [-0.15, -0.1) is 0 Å². The monoisotopic (exact) mass is 282 g/mol. The lowest BCUT2D eigenvalue weighted by Crippen LogP contribution is -2.34. The molecule has 21 heavy (non-hydrogen) atoms. The number of anilines is 3. The first-order chi connectivity index (χ1) is 10.2. The molecule has 110 valence electrons. The molecular weight excluding hydrogens is 260 g/mol. The van der Waals surface area contributed by atoms with E-state index in [9.17, 15) is 0 Å². The Morgan fingerprint density at radius 1 is 1.29 bits per heavy atom. The molecule has 1 aliphatic rings. The molecule has 2 heterocycles. The van der Waals surface area contributed by atoms with Crippen LogP contribution in [0.2, 0.25) is 0 Å². The first-order valence-electron chi connectivity index (χ1n) is 7.62. The Labute approximate surface area is 126 Å². The average Bonchev–Trinajstić information content (AvgIpc) is 2.47. The first kappa shape index (κ1) is 13.9. The van der Waals surface area contributed by atoms with E-state index in [1.165, 1.54) is 18.4 Å². The molecule has 0 amide bonds. The molecule has 1 N–H and O–H groups in total. The third-order valence-corrected chi connectivity index (χ3v) is 3.90. The molecule has 1 saturated heterocycles. The van der Waals surface area contributed by atoms with Crippen LogP contribution >= 0.6 is 0 Å². The Kier molecular flexibility index (Phi) is 4.04. The van der Waals surface area contributed by atoms with Crippen LogP contribution in [-0.2, 0) is 0 Å². The van der Waals surface area contributed by atoms with Crippen molar-refractivity contribution < 1.29 is 0 Å². The van der Waals surface area contributed by atoms with Crippen molar-refractivity contribution in [3.63, 3.8) is 0 Å². The van der Waals surface area contributed by atoms with Gasteiger partial charge in [-0.05, 0) is 49.4 Å². The highest BCUT2D eigenvalue weighted by atomic mass is 15.2. The molecule has 0 aliphatic carbocycles. The maximum absolute atomic E-state index is 4.66. The number of nitrogens with one attached hydrogen (secondary N) is 1. The fraction of sp³-hybridized carbons (Fsp3) is 0.412. The number of hydrogen-bond donors (Lipinski definition) is 1. The van der Waals surface area contributed by atoms with Gasteiger partial charge in [-0.25, -0.2) is 4.98 Å². The minimum absolute atomic E-state index is 0.663.